The molecule has 2 aliphatic rings. The molecule has 2 rings (SSSR count). The van der Waals surface area contributed by atoms with Crippen molar-refractivity contribution in [2.24, 2.45) is 0 Å². The lowest BCUT2D eigenvalue weighted by Crippen LogP contribution is -2.48. The Hall–Kier alpha value is -1.78. The van der Waals surface area contributed by atoms with Crippen molar-refractivity contribution in [1.82, 2.24) is 4.90 Å². The maximum Gasteiger partial charge on any atom is 0.534 e. The third-order valence-electron chi connectivity index (χ3n) is 3.35. The molecule has 0 aromatic rings. The van der Waals surface area contributed by atoms with Crippen molar-refractivity contribution in [2.45, 2.75) is 30.8 Å². The van der Waals surface area contributed by atoms with Crippen molar-refractivity contribution >= 4 is 22.0 Å². The van der Waals surface area contributed by atoms with Gasteiger partial charge in [-0.2, -0.15) is 21.6 Å². The lowest BCUT2D eigenvalue weighted by atomic mass is 9.98. The molecule has 11 heteroatoms. The lowest BCUT2D eigenvalue weighted by molar-refractivity contribution is -0.155. The Balaban J connectivity index is 2.32. The van der Waals surface area contributed by atoms with Gasteiger partial charge in [-0.15, -0.1) is 0 Å². The van der Waals surface area contributed by atoms with Gasteiger partial charge in [0.15, 0.2) is 5.54 Å². The number of carbonyl (C=O) groups excluding carboxylic acids is 2. The number of nitrogens with zero attached hydrogens (tertiary/aromatic N) is 1. The van der Waals surface area contributed by atoms with E-state index in [1.165, 1.54) is 6.92 Å². The molecule has 7 nitrogen and oxygen atoms in total. The average Bonchev–Trinajstić information content (AvgIpc) is 2.87. The molecule has 124 valence electrons. The number of carbonyl (C=O) groups is 2. The zero-order chi connectivity index (χ0) is 16.8. The molecule has 0 aromatic heterocycles. The summed E-state index contributed by atoms with van der Waals surface area (Å²) in [5.74, 6) is -1.95. The molecule has 0 saturated carbocycles. The molecule has 22 heavy (non-hydrogen) atoms. The van der Waals surface area contributed by atoms with Gasteiger partial charge < -0.3 is 13.8 Å². The molecule has 0 N–H and O–H groups in total. The minimum absolute atomic E-state index is 0.00743. The van der Waals surface area contributed by atoms with Crippen LogP contribution in [-0.4, -0.2) is 49.4 Å². The highest BCUT2D eigenvalue weighted by Gasteiger charge is 2.57. The van der Waals surface area contributed by atoms with Crippen LogP contribution in [0.25, 0.3) is 0 Å². The third-order valence-corrected chi connectivity index (χ3v) is 4.35. The van der Waals surface area contributed by atoms with E-state index in [9.17, 15) is 31.2 Å². The molecule has 0 aromatic carbocycles. The second kappa shape index (κ2) is 5.14. The van der Waals surface area contributed by atoms with Gasteiger partial charge in [-0.1, -0.05) is 0 Å². The predicted molar refractivity (Wildman–Crippen MR) is 64.5 cm³/mol. The van der Waals surface area contributed by atoms with E-state index in [1.807, 2.05) is 0 Å². The van der Waals surface area contributed by atoms with Crippen LogP contribution in [0.4, 0.5) is 13.2 Å². The molecule has 2 aliphatic heterocycles. The minimum atomic E-state index is -5.85. The first-order chi connectivity index (χ1) is 10.0. The van der Waals surface area contributed by atoms with E-state index >= 15 is 0 Å². The van der Waals surface area contributed by atoms with Crippen molar-refractivity contribution in [1.29, 1.82) is 0 Å². The van der Waals surface area contributed by atoms with E-state index in [0.29, 0.717) is 0 Å². The number of hydrogen-bond donors (Lipinski definition) is 0. The number of esters is 1. The Labute approximate surface area is 123 Å². The first-order valence-corrected chi connectivity index (χ1v) is 7.64. The van der Waals surface area contributed by atoms with Crippen molar-refractivity contribution < 1.29 is 40.1 Å². The van der Waals surface area contributed by atoms with E-state index < -0.39 is 45.3 Å². The van der Waals surface area contributed by atoms with Gasteiger partial charge in [0.25, 0.3) is 0 Å². The summed E-state index contributed by atoms with van der Waals surface area (Å²) < 4.78 is 67.8. The highest BCUT2D eigenvalue weighted by atomic mass is 32.2. The van der Waals surface area contributed by atoms with Crippen molar-refractivity contribution in [3.05, 3.63) is 11.8 Å². The summed E-state index contributed by atoms with van der Waals surface area (Å²) in [7, 11) is -5.85. The summed E-state index contributed by atoms with van der Waals surface area (Å²) in [6.45, 7) is 1.00. The van der Waals surface area contributed by atoms with Gasteiger partial charge in [-0.3, -0.25) is 4.79 Å². The second-order valence-electron chi connectivity index (χ2n) is 4.72. The minimum Gasteiger partial charge on any atom is -0.464 e. The molecule has 0 radical (unpaired) electrons. The van der Waals surface area contributed by atoms with Gasteiger partial charge in [0.05, 0.1) is 13.2 Å². The summed E-state index contributed by atoms with van der Waals surface area (Å²) >= 11 is 0. The third kappa shape index (κ3) is 2.53. The summed E-state index contributed by atoms with van der Waals surface area (Å²) in [5, 5.41) is 0. The fraction of sp³-hybridized carbons (Fsp3) is 0.636. The van der Waals surface area contributed by atoms with E-state index in [4.69, 9.17) is 4.74 Å². The van der Waals surface area contributed by atoms with E-state index in [0.717, 1.165) is 11.0 Å². The largest absolute Gasteiger partial charge is 0.534 e. The molecule has 1 saturated heterocycles. The highest BCUT2D eigenvalue weighted by molar-refractivity contribution is 7.87. The summed E-state index contributed by atoms with van der Waals surface area (Å²) in [4.78, 5) is 24.7. The summed E-state index contributed by atoms with van der Waals surface area (Å²) in [6.07, 6.45) is 0.914. The molecule has 0 aliphatic carbocycles. The predicted octanol–water partition coefficient (Wildman–Crippen LogP) is 0.674. The van der Waals surface area contributed by atoms with Gasteiger partial charge in [0.1, 0.15) is 5.76 Å². The molecule has 1 amide bonds. The molecule has 0 bridgehead atoms. The number of amides is 1. The lowest BCUT2D eigenvalue weighted by Gasteiger charge is -2.27. The molecule has 0 spiro atoms. The monoisotopic (exact) mass is 343 g/mol. The van der Waals surface area contributed by atoms with Crippen molar-refractivity contribution in [2.75, 3.05) is 13.2 Å². The number of ether oxygens (including phenoxy) is 1. The van der Waals surface area contributed by atoms with Gasteiger partial charge in [-0.25, -0.2) is 4.79 Å². The Morgan fingerprint density at radius 3 is 2.64 bits per heavy atom. The molecular weight excluding hydrogens is 331 g/mol. The first-order valence-electron chi connectivity index (χ1n) is 6.23. The zero-order valence-corrected chi connectivity index (χ0v) is 12.2. The van der Waals surface area contributed by atoms with Crippen LogP contribution in [0.1, 0.15) is 19.8 Å². The second-order valence-corrected chi connectivity index (χ2v) is 6.26. The van der Waals surface area contributed by atoms with Crippen molar-refractivity contribution in [3.63, 3.8) is 0 Å². The number of rotatable bonds is 4. The first kappa shape index (κ1) is 16.6. The van der Waals surface area contributed by atoms with Gasteiger partial charge >= 0.3 is 21.6 Å². The Bertz CT molecular complexity index is 641. The number of halogens is 3. The van der Waals surface area contributed by atoms with Gasteiger partial charge in [0, 0.05) is 6.42 Å². The van der Waals surface area contributed by atoms with Crippen LogP contribution in [0.15, 0.2) is 11.8 Å². The molecular formula is C11H12F3NO6S. The highest BCUT2D eigenvalue weighted by Crippen LogP contribution is 2.40. The smallest absolute Gasteiger partial charge is 0.464 e. The Morgan fingerprint density at radius 1 is 1.45 bits per heavy atom. The quantitative estimate of drug-likeness (QED) is 0.423. The van der Waals surface area contributed by atoms with Gasteiger partial charge in [0.2, 0.25) is 5.91 Å². The summed E-state index contributed by atoms with van der Waals surface area (Å²) in [5.41, 5.74) is -7.19. The van der Waals surface area contributed by atoms with E-state index in [1.54, 1.807) is 0 Å². The number of fused-ring (bicyclic) bond motifs is 1. The van der Waals surface area contributed by atoms with Crippen molar-refractivity contribution in [3.8, 4) is 0 Å². The SMILES string of the molecule is CCOC(=O)C12C=C(OS(=O)(=O)C(F)(F)F)CN1C(=O)CC2. The molecule has 1 atom stereocenters. The molecule has 1 fully saturated rings. The Kier molecular flexibility index (Phi) is 3.88. The van der Waals surface area contributed by atoms with Crippen LogP contribution < -0.4 is 0 Å². The van der Waals surface area contributed by atoms with Crippen LogP contribution in [0.3, 0.4) is 0 Å². The maximum atomic E-state index is 12.3. The van der Waals surface area contributed by atoms with Crippen LogP contribution in [0.2, 0.25) is 0 Å². The topological polar surface area (TPSA) is 90.0 Å². The van der Waals surface area contributed by atoms with Crippen LogP contribution in [-0.2, 0) is 28.6 Å². The maximum absolute atomic E-state index is 12.3. The summed E-state index contributed by atoms with van der Waals surface area (Å²) in [6, 6.07) is 0. The van der Waals surface area contributed by atoms with Crippen LogP contribution in [0, 0.1) is 0 Å². The van der Waals surface area contributed by atoms with Gasteiger partial charge in [-0.05, 0) is 19.4 Å². The number of hydrogen-bond acceptors (Lipinski definition) is 6. The average molecular weight is 343 g/mol. The molecule has 1 unspecified atom stereocenters. The van der Waals surface area contributed by atoms with Crippen LogP contribution >= 0.6 is 0 Å². The normalized spacial score (nSPS) is 25.0. The fourth-order valence-corrected chi connectivity index (χ4v) is 2.88. The Morgan fingerprint density at radius 2 is 2.09 bits per heavy atom. The number of alkyl halides is 3. The van der Waals surface area contributed by atoms with E-state index in [-0.39, 0.29) is 19.4 Å². The van der Waals surface area contributed by atoms with Crippen LogP contribution in [0.5, 0.6) is 0 Å². The zero-order valence-electron chi connectivity index (χ0n) is 11.3. The molecule has 2 heterocycles. The standard InChI is InChI=1S/C11H12F3NO6S/c1-2-20-9(17)10-4-3-8(16)15(10)6-7(5-10)21-22(18,19)11(12,13)14/h5H,2-4,6H2,1H3. The fourth-order valence-electron chi connectivity index (χ4n) is 2.40. The van der Waals surface area contributed by atoms with E-state index in [2.05, 4.69) is 4.18 Å².